The Morgan fingerprint density at radius 1 is 1.21 bits per heavy atom. The van der Waals surface area contributed by atoms with Gasteiger partial charge < -0.3 is 10.3 Å². The van der Waals surface area contributed by atoms with E-state index in [1.807, 2.05) is 23.5 Å². The van der Waals surface area contributed by atoms with Crippen molar-refractivity contribution in [1.82, 2.24) is 10.1 Å². The molecule has 1 aliphatic carbocycles. The van der Waals surface area contributed by atoms with E-state index in [1.54, 1.807) is 0 Å². The maximum absolute atomic E-state index is 5.73. The van der Waals surface area contributed by atoms with Crippen molar-refractivity contribution in [2.75, 3.05) is 23.8 Å². The van der Waals surface area contributed by atoms with Gasteiger partial charge in [0.15, 0.2) is 5.82 Å². The van der Waals surface area contributed by atoms with Crippen LogP contribution in [0.3, 0.4) is 0 Å². The number of thioether (sulfide) groups is 2. The van der Waals surface area contributed by atoms with E-state index in [-0.39, 0.29) is 0 Å². The van der Waals surface area contributed by atoms with Gasteiger partial charge in [0.25, 0.3) is 0 Å². The van der Waals surface area contributed by atoms with Gasteiger partial charge in [0.1, 0.15) is 0 Å². The molecule has 3 rings (SSSR count). The molecule has 0 amide bonds. The molecule has 0 aromatic carbocycles. The SMILES string of the molecule is NCC1CCC(c2nc(C3CSCCS3)no2)CC1. The molecule has 2 heterocycles. The van der Waals surface area contributed by atoms with Crippen molar-refractivity contribution in [3.63, 3.8) is 0 Å². The summed E-state index contributed by atoms with van der Waals surface area (Å²) in [5.74, 6) is 6.49. The smallest absolute Gasteiger partial charge is 0.229 e. The number of aromatic nitrogens is 2. The van der Waals surface area contributed by atoms with Crippen molar-refractivity contribution in [3.8, 4) is 0 Å². The predicted octanol–water partition coefficient (Wildman–Crippen LogP) is 2.82. The second-order valence-electron chi connectivity index (χ2n) is 5.38. The third-order valence-electron chi connectivity index (χ3n) is 4.09. The highest BCUT2D eigenvalue weighted by Crippen LogP contribution is 2.38. The molecule has 2 aliphatic rings. The molecule has 6 heteroatoms. The third-order valence-corrected chi connectivity index (χ3v) is 6.84. The highest BCUT2D eigenvalue weighted by atomic mass is 32.2. The van der Waals surface area contributed by atoms with Crippen molar-refractivity contribution >= 4 is 23.5 Å². The van der Waals surface area contributed by atoms with Gasteiger partial charge in [-0.05, 0) is 38.1 Å². The zero-order valence-electron chi connectivity index (χ0n) is 11.1. The van der Waals surface area contributed by atoms with E-state index < -0.39 is 0 Å². The molecule has 2 fully saturated rings. The molecule has 0 radical (unpaired) electrons. The lowest BCUT2D eigenvalue weighted by Crippen LogP contribution is -2.20. The van der Waals surface area contributed by atoms with Gasteiger partial charge in [-0.25, -0.2) is 0 Å². The number of hydrogen-bond donors (Lipinski definition) is 1. The van der Waals surface area contributed by atoms with Crippen LogP contribution in [0, 0.1) is 5.92 Å². The van der Waals surface area contributed by atoms with E-state index in [4.69, 9.17) is 10.3 Å². The molecule has 106 valence electrons. The van der Waals surface area contributed by atoms with Crippen LogP contribution in [0.4, 0.5) is 0 Å². The summed E-state index contributed by atoms with van der Waals surface area (Å²) >= 11 is 3.95. The maximum atomic E-state index is 5.73. The van der Waals surface area contributed by atoms with Gasteiger partial charge in [-0.2, -0.15) is 16.7 Å². The summed E-state index contributed by atoms with van der Waals surface area (Å²) < 4.78 is 5.51. The molecular weight excluding hydrogens is 278 g/mol. The molecule has 1 aromatic heterocycles. The van der Waals surface area contributed by atoms with Gasteiger partial charge in [-0.15, -0.1) is 11.8 Å². The Balaban J connectivity index is 1.61. The highest BCUT2D eigenvalue weighted by molar-refractivity contribution is 8.06. The Kier molecular flexibility index (Phi) is 4.71. The summed E-state index contributed by atoms with van der Waals surface area (Å²) in [5, 5.41) is 4.64. The van der Waals surface area contributed by atoms with Crippen molar-refractivity contribution in [3.05, 3.63) is 11.7 Å². The van der Waals surface area contributed by atoms with Crippen LogP contribution in [-0.2, 0) is 0 Å². The molecule has 1 saturated carbocycles. The van der Waals surface area contributed by atoms with E-state index in [2.05, 4.69) is 10.1 Å². The summed E-state index contributed by atoms with van der Waals surface area (Å²) in [7, 11) is 0. The van der Waals surface area contributed by atoms with Crippen LogP contribution in [0.25, 0.3) is 0 Å². The number of nitrogens with two attached hydrogens (primary N) is 1. The van der Waals surface area contributed by atoms with E-state index in [0.717, 1.165) is 36.9 Å². The second kappa shape index (κ2) is 6.50. The summed E-state index contributed by atoms with van der Waals surface area (Å²) in [6, 6.07) is 0. The van der Waals surface area contributed by atoms with Crippen LogP contribution in [0.15, 0.2) is 4.52 Å². The van der Waals surface area contributed by atoms with E-state index in [0.29, 0.717) is 17.1 Å². The average Bonchev–Trinajstić information content (AvgIpc) is 2.98. The average molecular weight is 299 g/mol. The van der Waals surface area contributed by atoms with Crippen LogP contribution in [-0.4, -0.2) is 33.9 Å². The molecule has 1 atom stereocenters. The summed E-state index contributed by atoms with van der Waals surface area (Å²) in [6.07, 6.45) is 4.70. The molecular formula is C13H21N3OS2. The number of nitrogens with zero attached hydrogens (tertiary/aromatic N) is 2. The summed E-state index contributed by atoms with van der Waals surface area (Å²) in [5.41, 5.74) is 5.73. The summed E-state index contributed by atoms with van der Waals surface area (Å²) in [6.45, 7) is 0.817. The highest BCUT2D eigenvalue weighted by Gasteiger charge is 2.28. The van der Waals surface area contributed by atoms with Gasteiger partial charge in [0.05, 0.1) is 5.25 Å². The first-order chi connectivity index (χ1) is 9.36. The van der Waals surface area contributed by atoms with Crippen molar-refractivity contribution in [2.24, 2.45) is 11.7 Å². The van der Waals surface area contributed by atoms with Crippen LogP contribution in [0.1, 0.15) is 48.6 Å². The fraction of sp³-hybridized carbons (Fsp3) is 0.846. The van der Waals surface area contributed by atoms with Gasteiger partial charge in [-0.3, -0.25) is 0 Å². The quantitative estimate of drug-likeness (QED) is 0.926. The lowest BCUT2D eigenvalue weighted by molar-refractivity contribution is 0.274. The minimum atomic E-state index is 0.427. The largest absolute Gasteiger partial charge is 0.339 e. The Morgan fingerprint density at radius 3 is 2.74 bits per heavy atom. The van der Waals surface area contributed by atoms with Crippen LogP contribution < -0.4 is 5.73 Å². The molecule has 0 spiro atoms. The minimum absolute atomic E-state index is 0.427. The van der Waals surface area contributed by atoms with Crippen LogP contribution in [0.5, 0.6) is 0 Å². The van der Waals surface area contributed by atoms with E-state index >= 15 is 0 Å². The molecule has 1 aromatic rings. The first kappa shape index (κ1) is 13.8. The molecule has 1 saturated heterocycles. The van der Waals surface area contributed by atoms with Crippen LogP contribution in [0.2, 0.25) is 0 Å². The zero-order chi connectivity index (χ0) is 13.1. The molecule has 0 bridgehead atoms. The Bertz CT molecular complexity index is 398. The fourth-order valence-electron chi connectivity index (χ4n) is 2.83. The van der Waals surface area contributed by atoms with Crippen LogP contribution >= 0.6 is 23.5 Å². The van der Waals surface area contributed by atoms with Gasteiger partial charge in [-0.1, -0.05) is 5.16 Å². The molecule has 1 aliphatic heterocycles. The molecule has 1 unspecified atom stereocenters. The van der Waals surface area contributed by atoms with Crippen molar-refractivity contribution in [1.29, 1.82) is 0 Å². The second-order valence-corrected chi connectivity index (χ2v) is 7.84. The lowest BCUT2D eigenvalue weighted by atomic mass is 9.82. The number of hydrogen-bond acceptors (Lipinski definition) is 6. The Morgan fingerprint density at radius 2 is 2.05 bits per heavy atom. The lowest BCUT2D eigenvalue weighted by Gasteiger charge is -2.25. The van der Waals surface area contributed by atoms with Crippen molar-refractivity contribution < 1.29 is 4.52 Å². The first-order valence-corrected chi connectivity index (χ1v) is 9.30. The van der Waals surface area contributed by atoms with Gasteiger partial charge in [0, 0.05) is 23.2 Å². The Labute approximate surface area is 122 Å². The normalized spacial score (nSPS) is 32.4. The summed E-state index contributed by atoms with van der Waals surface area (Å²) in [4.78, 5) is 4.67. The zero-order valence-corrected chi connectivity index (χ0v) is 12.7. The van der Waals surface area contributed by atoms with E-state index in [9.17, 15) is 0 Å². The fourth-order valence-corrected chi connectivity index (χ4v) is 5.41. The molecule has 4 nitrogen and oxygen atoms in total. The topological polar surface area (TPSA) is 64.9 Å². The minimum Gasteiger partial charge on any atom is -0.339 e. The number of rotatable bonds is 3. The molecule has 2 N–H and O–H groups in total. The van der Waals surface area contributed by atoms with Crippen molar-refractivity contribution in [2.45, 2.75) is 36.9 Å². The van der Waals surface area contributed by atoms with Gasteiger partial charge in [0.2, 0.25) is 5.89 Å². The third kappa shape index (κ3) is 3.28. The standard InChI is InChI=1S/C13H21N3OS2/c14-7-9-1-3-10(4-2-9)13-15-12(16-17-13)11-8-18-5-6-19-11/h9-11H,1-8,14H2. The van der Waals surface area contributed by atoms with E-state index in [1.165, 1.54) is 24.3 Å². The maximum Gasteiger partial charge on any atom is 0.229 e. The van der Waals surface area contributed by atoms with Gasteiger partial charge >= 0.3 is 0 Å². The Hall–Kier alpha value is -0.200. The molecule has 19 heavy (non-hydrogen) atoms. The monoisotopic (exact) mass is 299 g/mol. The first-order valence-electron chi connectivity index (χ1n) is 7.09. The predicted molar refractivity (Wildman–Crippen MR) is 80.6 cm³/mol.